The van der Waals surface area contributed by atoms with E-state index in [-0.39, 0.29) is 12.5 Å². The van der Waals surface area contributed by atoms with Crippen LogP contribution in [0.25, 0.3) is 0 Å². The number of hydrogen-bond acceptors (Lipinski definition) is 3. The third-order valence-corrected chi connectivity index (χ3v) is 2.78. The molecule has 4 heteroatoms. The van der Waals surface area contributed by atoms with Gasteiger partial charge in [-0.2, -0.15) is 0 Å². The average molecular weight is 186 g/mol. The van der Waals surface area contributed by atoms with Gasteiger partial charge in [-0.25, -0.2) is 0 Å². The van der Waals surface area contributed by atoms with Gasteiger partial charge in [0.2, 0.25) is 0 Å². The molecule has 0 radical (unpaired) electrons. The number of rotatable bonds is 2. The highest BCUT2D eigenvalue weighted by molar-refractivity contribution is 5.67. The SMILES string of the molecule is CC1CN(C)CC(CC(=O)O)N1C. The second-order valence-electron chi connectivity index (χ2n) is 3.99. The molecule has 0 aromatic carbocycles. The summed E-state index contributed by atoms with van der Waals surface area (Å²) in [6.45, 7) is 4.00. The van der Waals surface area contributed by atoms with E-state index in [0.29, 0.717) is 6.04 Å². The summed E-state index contributed by atoms with van der Waals surface area (Å²) in [7, 11) is 4.05. The van der Waals surface area contributed by atoms with Crippen LogP contribution in [0, 0.1) is 0 Å². The molecule has 0 saturated carbocycles. The van der Waals surface area contributed by atoms with Crippen LogP contribution in [0.5, 0.6) is 0 Å². The molecule has 1 N–H and O–H groups in total. The molecule has 1 aliphatic heterocycles. The van der Waals surface area contributed by atoms with E-state index in [1.165, 1.54) is 0 Å². The number of nitrogens with zero attached hydrogens (tertiary/aromatic N) is 2. The van der Waals surface area contributed by atoms with Crippen molar-refractivity contribution in [2.75, 3.05) is 27.2 Å². The van der Waals surface area contributed by atoms with E-state index in [1.54, 1.807) is 0 Å². The van der Waals surface area contributed by atoms with E-state index in [0.717, 1.165) is 13.1 Å². The maximum absolute atomic E-state index is 10.6. The molecule has 76 valence electrons. The number of hydrogen-bond donors (Lipinski definition) is 1. The first-order chi connectivity index (χ1) is 6.00. The summed E-state index contributed by atoms with van der Waals surface area (Å²) in [5, 5.41) is 8.71. The maximum atomic E-state index is 10.6. The fourth-order valence-electron chi connectivity index (χ4n) is 1.91. The van der Waals surface area contributed by atoms with Crippen LogP contribution in [-0.2, 0) is 4.79 Å². The highest BCUT2D eigenvalue weighted by atomic mass is 16.4. The first-order valence-electron chi connectivity index (χ1n) is 4.63. The summed E-state index contributed by atoms with van der Waals surface area (Å²) in [5.74, 6) is -0.709. The highest BCUT2D eigenvalue weighted by Gasteiger charge is 2.28. The van der Waals surface area contributed by atoms with E-state index >= 15 is 0 Å². The van der Waals surface area contributed by atoms with Gasteiger partial charge in [-0.15, -0.1) is 0 Å². The first-order valence-corrected chi connectivity index (χ1v) is 4.63. The number of carboxylic acid groups (broad SMARTS) is 1. The molecular weight excluding hydrogens is 168 g/mol. The Balaban J connectivity index is 2.55. The van der Waals surface area contributed by atoms with Crippen LogP contribution in [0.2, 0.25) is 0 Å². The lowest BCUT2D eigenvalue weighted by atomic mass is 10.1. The van der Waals surface area contributed by atoms with Crippen molar-refractivity contribution in [3.8, 4) is 0 Å². The zero-order valence-electron chi connectivity index (χ0n) is 8.53. The van der Waals surface area contributed by atoms with Gasteiger partial charge in [0.05, 0.1) is 6.42 Å². The van der Waals surface area contributed by atoms with Crippen LogP contribution in [0.3, 0.4) is 0 Å². The van der Waals surface area contributed by atoms with Crippen molar-refractivity contribution < 1.29 is 9.90 Å². The zero-order chi connectivity index (χ0) is 10.0. The Morgan fingerprint density at radius 2 is 2.08 bits per heavy atom. The third kappa shape index (κ3) is 2.67. The number of carboxylic acids is 1. The van der Waals surface area contributed by atoms with Gasteiger partial charge in [0.15, 0.2) is 0 Å². The monoisotopic (exact) mass is 186 g/mol. The molecule has 0 aromatic rings. The van der Waals surface area contributed by atoms with E-state index in [2.05, 4.69) is 16.7 Å². The summed E-state index contributed by atoms with van der Waals surface area (Å²) >= 11 is 0. The van der Waals surface area contributed by atoms with Gasteiger partial charge in [0.1, 0.15) is 0 Å². The summed E-state index contributed by atoms with van der Waals surface area (Å²) in [6.07, 6.45) is 0.241. The van der Waals surface area contributed by atoms with E-state index < -0.39 is 5.97 Å². The molecular formula is C9H18N2O2. The number of piperazine rings is 1. The van der Waals surface area contributed by atoms with Crippen molar-refractivity contribution in [2.24, 2.45) is 0 Å². The predicted octanol–water partition coefficient (Wildman–Crippen LogP) is 0.0954. The minimum absolute atomic E-state index is 0.159. The van der Waals surface area contributed by atoms with Gasteiger partial charge in [-0.3, -0.25) is 9.69 Å². The molecule has 1 fully saturated rings. The van der Waals surface area contributed by atoms with Crippen molar-refractivity contribution in [2.45, 2.75) is 25.4 Å². The van der Waals surface area contributed by atoms with Crippen molar-refractivity contribution in [1.82, 2.24) is 9.80 Å². The average Bonchev–Trinajstić information content (AvgIpc) is 1.98. The fraction of sp³-hybridized carbons (Fsp3) is 0.889. The lowest BCUT2D eigenvalue weighted by molar-refractivity contribution is -0.139. The highest BCUT2D eigenvalue weighted by Crippen LogP contribution is 2.14. The normalized spacial score (nSPS) is 31.9. The molecule has 0 aromatic heterocycles. The van der Waals surface area contributed by atoms with Crippen LogP contribution < -0.4 is 0 Å². The Bertz CT molecular complexity index is 196. The predicted molar refractivity (Wildman–Crippen MR) is 50.8 cm³/mol. The van der Waals surface area contributed by atoms with Crippen LogP contribution in [-0.4, -0.2) is 60.1 Å². The van der Waals surface area contributed by atoms with E-state index in [9.17, 15) is 4.79 Å². The fourth-order valence-corrected chi connectivity index (χ4v) is 1.91. The van der Waals surface area contributed by atoms with Crippen molar-refractivity contribution in [1.29, 1.82) is 0 Å². The Morgan fingerprint density at radius 1 is 1.46 bits per heavy atom. The Morgan fingerprint density at radius 3 is 2.62 bits per heavy atom. The molecule has 4 nitrogen and oxygen atoms in total. The minimum Gasteiger partial charge on any atom is -0.481 e. The Hall–Kier alpha value is -0.610. The lowest BCUT2D eigenvalue weighted by Crippen LogP contribution is -2.55. The van der Waals surface area contributed by atoms with Crippen LogP contribution in [0.15, 0.2) is 0 Å². The topological polar surface area (TPSA) is 43.8 Å². The molecule has 1 saturated heterocycles. The second kappa shape index (κ2) is 4.07. The Labute approximate surface area is 79.1 Å². The summed E-state index contributed by atoms with van der Waals surface area (Å²) < 4.78 is 0. The number of carbonyl (C=O) groups is 1. The number of aliphatic carboxylic acids is 1. The van der Waals surface area contributed by atoms with E-state index in [1.807, 2.05) is 14.1 Å². The molecule has 0 amide bonds. The third-order valence-electron chi connectivity index (χ3n) is 2.78. The molecule has 2 atom stereocenters. The molecule has 2 unspecified atom stereocenters. The van der Waals surface area contributed by atoms with Crippen LogP contribution >= 0.6 is 0 Å². The quantitative estimate of drug-likeness (QED) is 0.664. The van der Waals surface area contributed by atoms with Gasteiger partial charge in [0, 0.05) is 25.2 Å². The Kier molecular flexibility index (Phi) is 3.27. The molecule has 1 aliphatic rings. The van der Waals surface area contributed by atoms with Gasteiger partial charge in [0.25, 0.3) is 0 Å². The van der Waals surface area contributed by atoms with Gasteiger partial charge in [-0.05, 0) is 21.0 Å². The number of likely N-dealkylation sites (N-methyl/N-ethyl adjacent to an activating group) is 2. The lowest BCUT2D eigenvalue weighted by Gasteiger charge is -2.41. The van der Waals surface area contributed by atoms with Crippen molar-refractivity contribution >= 4 is 5.97 Å². The van der Waals surface area contributed by atoms with Crippen LogP contribution in [0.1, 0.15) is 13.3 Å². The van der Waals surface area contributed by atoms with Crippen LogP contribution in [0.4, 0.5) is 0 Å². The summed E-state index contributed by atoms with van der Waals surface area (Å²) in [5.41, 5.74) is 0. The largest absolute Gasteiger partial charge is 0.481 e. The van der Waals surface area contributed by atoms with Crippen molar-refractivity contribution in [3.63, 3.8) is 0 Å². The second-order valence-corrected chi connectivity index (χ2v) is 3.99. The molecule has 0 aliphatic carbocycles. The zero-order valence-corrected chi connectivity index (χ0v) is 8.53. The van der Waals surface area contributed by atoms with Gasteiger partial charge in [-0.1, -0.05) is 0 Å². The van der Waals surface area contributed by atoms with E-state index in [4.69, 9.17) is 5.11 Å². The smallest absolute Gasteiger partial charge is 0.304 e. The standard InChI is InChI=1S/C9H18N2O2/c1-7-5-10(2)6-8(11(7)3)4-9(12)13/h7-8H,4-6H2,1-3H3,(H,12,13). The summed E-state index contributed by atoms with van der Waals surface area (Å²) in [4.78, 5) is 14.9. The van der Waals surface area contributed by atoms with Crippen molar-refractivity contribution in [3.05, 3.63) is 0 Å². The minimum atomic E-state index is -0.709. The van der Waals surface area contributed by atoms with Gasteiger partial charge >= 0.3 is 5.97 Å². The molecule has 0 bridgehead atoms. The molecule has 1 heterocycles. The molecule has 13 heavy (non-hydrogen) atoms. The maximum Gasteiger partial charge on any atom is 0.304 e. The molecule has 0 spiro atoms. The first kappa shape index (κ1) is 10.5. The van der Waals surface area contributed by atoms with Gasteiger partial charge < -0.3 is 10.0 Å². The molecule has 1 rings (SSSR count). The summed E-state index contributed by atoms with van der Waals surface area (Å²) in [6, 6.07) is 0.606.